The molecule has 0 saturated carbocycles. The van der Waals surface area contributed by atoms with Gasteiger partial charge in [0.25, 0.3) is 0 Å². The number of anilines is 2. The minimum atomic E-state index is 0.366. The lowest BCUT2D eigenvalue weighted by atomic mass is 10.2. The summed E-state index contributed by atoms with van der Waals surface area (Å²) in [4.78, 5) is 0.366. The lowest BCUT2D eigenvalue weighted by molar-refractivity contribution is 1.50. The molecule has 3 N–H and O–H groups in total. The van der Waals surface area contributed by atoms with Gasteiger partial charge in [-0.3, -0.25) is 0 Å². The molecule has 0 aliphatic rings. The minimum Gasteiger partial charge on any atom is -0.389 e. The van der Waals surface area contributed by atoms with Crippen molar-refractivity contribution in [2.75, 3.05) is 5.32 Å². The molecule has 0 unspecified atom stereocenters. The number of rotatable bonds is 3. The van der Waals surface area contributed by atoms with Gasteiger partial charge < -0.3 is 11.1 Å². The molecule has 0 atom stereocenters. The van der Waals surface area contributed by atoms with Crippen LogP contribution in [0.5, 0.6) is 0 Å². The van der Waals surface area contributed by atoms with Crippen molar-refractivity contribution in [1.29, 1.82) is 0 Å². The molecular weight excluding hydrogens is 458 g/mol. The zero-order chi connectivity index (χ0) is 14.0. The molecule has 0 saturated heterocycles. The molecule has 0 heterocycles. The van der Waals surface area contributed by atoms with E-state index in [9.17, 15) is 0 Å². The summed E-state index contributed by atoms with van der Waals surface area (Å²) in [5.74, 6) is 0. The fourth-order valence-corrected chi connectivity index (χ4v) is 3.34. The highest BCUT2D eigenvalue weighted by atomic mass is 127. The van der Waals surface area contributed by atoms with Crippen LogP contribution in [0.3, 0.4) is 0 Å². The van der Waals surface area contributed by atoms with Gasteiger partial charge in [0.05, 0.1) is 10.7 Å². The van der Waals surface area contributed by atoms with Crippen LogP contribution in [0.1, 0.15) is 5.56 Å². The topological polar surface area (TPSA) is 38.0 Å². The molecule has 0 spiro atoms. The number of halogens is 3. The van der Waals surface area contributed by atoms with E-state index in [2.05, 4.69) is 43.8 Å². The van der Waals surface area contributed by atoms with Crippen LogP contribution in [0.2, 0.25) is 5.02 Å². The maximum Gasteiger partial charge on any atom is 0.105 e. The van der Waals surface area contributed by atoms with Crippen molar-refractivity contribution in [1.82, 2.24) is 0 Å². The largest absolute Gasteiger partial charge is 0.389 e. The third-order valence-electron chi connectivity index (χ3n) is 2.44. The molecule has 0 aromatic heterocycles. The Bertz CT molecular complexity index is 649. The predicted octanol–water partition coefficient (Wildman–Crippen LogP) is 5.08. The molecule has 6 heteroatoms. The molecule has 2 rings (SSSR count). The highest BCUT2D eigenvalue weighted by Crippen LogP contribution is 2.29. The first-order valence-electron chi connectivity index (χ1n) is 5.29. The average Bonchev–Trinajstić information content (AvgIpc) is 2.32. The number of nitrogens with two attached hydrogens (primary N) is 1. The van der Waals surface area contributed by atoms with E-state index in [1.807, 2.05) is 36.4 Å². The molecule has 19 heavy (non-hydrogen) atoms. The van der Waals surface area contributed by atoms with Crippen LogP contribution in [0.4, 0.5) is 11.4 Å². The average molecular weight is 468 g/mol. The zero-order valence-electron chi connectivity index (χ0n) is 9.58. The molecule has 0 bridgehead atoms. The van der Waals surface area contributed by atoms with E-state index < -0.39 is 0 Å². The van der Waals surface area contributed by atoms with Gasteiger partial charge in [-0.05, 0) is 74.9 Å². The Morgan fingerprint density at radius 2 is 2.00 bits per heavy atom. The quantitative estimate of drug-likeness (QED) is 0.488. The van der Waals surface area contributed by atoms with Crippen LogP contribution in [0, 0.1) is 3.57 Å². The first-order valence-corrected chi connectivity index (χ1v) is 7.94. The van der Waals surface area contributed by atoms with Crippen molar-refractivity contribution in [3.8, 4) is 0 Å². The van der Waals surface area contributed by atoms with Gasteiger partial charge in [-0.25, -0.2) is 0 Å². The first kappa shape index (κ1) is 15.0. The van der Waals surface area contributed by atoms with Crippen molar-refractivity contribution in [3.63, 3.8) is 0 Å². The Balaban J connectivity index is 2.29. The predicted molar refractivity (Wildman–Crippen MR) is 97.5 cm³/mol. The van der Waals surface area contributed by atoms with Crippen LogP contribution in [-0.2, 0) is 0 Å². The third kappa shape index (κ3) is 3.81. The minimum absolute atomic E-state index is 0.366. The fraction of sp³-hybridized carbons (Fsp3) is 0. The van der Waals surface area contributed by atoms with Gasteiger partial charge in [0.1, 0.15) is 4.99 Å². The van der Waals surface area contributed by atoms with Gasteiger partial charge in [0.15, 0.2) is 0 Å². The number of thiocarbonyl (C=S) groups is 1. The lowest BCUT2D eigenvalue weighted by Gasteiger charge is -2.10. The number of benzene rings is 2. The van der Waals surface area contributed by atoms with Crippen LogP contribution in [-0.4, -0.2) is 4.99 Å². The van der Waals surface area contributed by atoms with Gasteiger partial charge in [0.2, 0.25) is 0 Å². The Kier molecular flexibility index (Phi) is 5.05. The molecule has 2 aromatic rings. The van der Waals surface area contributed by atoms with Crippen LogP contribution >= 0.6 is 62.3 Å². The van der Waals surface area contributed by atoms with Crippen LogP contribution in [0.25, 0.3) is 0 Å². The molecule has 0 radical (unpaired) electrons. The van der Waals surface area contributed by atoms with E-state index in [4.69, 9.17) is 29.6 Å². The summed E-state index contributed by atoms with van der Waals surface area (Å²) < 4.78 is 1.95. The van der Waals surface area contributed by atoms with Gasteiger partial charge in [-0.1, -0.05) is 23.8 Å². The summed E-state index contributed by atoms with van der Waals surface area (Å²) in [5, 5.41) is 3.94. The fourth-order valence-electron chi connectivity index (χ4n) is 1.54. The summed E-state index contributed by atoms with van der Waals surface area (Å²) in [5.41, 5.74) is 8.20. The first-order chi connectivity index (χ1) is 8.97. The van der Waals surface area contributed by atoms with E-state index in [1.165, 1.54) is 0 Å². The molecular formula is C13H9BrClIN2S. The maximum absolute atomic E-state index is 6.18. The smallest absolute Gasteiger partial charge is 0.105 e. The second kappa shape index (κ2) is 6.39. The Labute approximate surface area is 144 Å². The van der Waals surface area contributed by atoms with Crippen molar-refractivity contribution < 1.29 is 0 Å². The van der Waals surface area contributed by atoms with E-state index >= 15 is 0 Å². The standard InChI is InChI=1S/C13H9BrClIN2S/c14-10-6-8(2-3-9(10)13(17)19)18-12-4-1-7(16)5-11(12)15/h1-6,18H,(H2,17,19). The summed E-state index contributed by atoms with van der Waals surface area (Å²) in [7, 11) is 0. The maximum atomic E-state index is 6.18. The van der Waals surface area contributed by atoms with Gasteiger partial charge in [-0.15, -0.1) is 0 Å². The van der Waals surface area contributed by atoms with E-state index in [0.29, 0.717) is 10.0 Å². The summed E-state index contributed by atoms with van der Waals surface area (Å²) in [6.45, 7) is 0. The van der Waals surface area contributed by atoms with Crippen molar-refractivity contribution >= 4 is 78.7 Å². The highest BCUT2D eigenvalue weighted by Gasteiger charge is 2.06. The molecule has 0 amide bonds. The molecule has 2 aromatic carbocycles. The summed E-state index contributed by atoms with van der Waals surface area (Å²) >= 11 is 16.8. The Hall–Kier alpha value is -0.370. The Morgan fingerprint density at radius 1 is 1.26 bits per heavy atom. The van der Waals surface area contributed by atoms with E-state index in [-0.39, 0.29) is 0 Å². The molecule has 0 aliphatic carbocycles. The molecule has 0 fully saturated rings. The Morgan fingerprint density at radius 3 is 2.58 bits per heavy atom. The molecule has 2 nitrogen and oxygen atoms in total. The van der Waals surface area contributed by atoms with E-state index in [1.54, 1.807) is 0 Å². The van der Waals surface area contributed by atoms with Crippen LogP contribution < -0.4 is 11.1 Å². The highest BCUT2D eigenvalue weighted by molar-refractivity contribution is 14.1. The molecule has 0 aliphatic heterocycles. The normalized spacial score (nSPS) is 10.3. The van der Waals surface area contributed by atoms with E-state index in [0.717, 1.165) is 25.0 Å². The second-order valence-corrected chi connectivity index (χ2v) is 6.76. The van der Waals surface area contributed by atoms with Gasteiger partial charge in [-0.2, -0.15) is 0 Å². The van der Waals surface area contributed by atoms with Crippen molar-refractivity contribution in [2.45, 2.75) is 0 Å². The van der Waals surface area contributed by atoms with Crippen molar-refractivity contribution in [2.24, 2.45) is 5.73 Å². The van der Waals surface area contributed by atoms with Crippen molar-refractivity contribution in [3.05, 3.63) is 55.0 Å². The summed E-state index contributed by atoms with van der Waals surface area (Å²) in [6.07, 6.45) is 0. The second-order valence-electron chi connectivity index (χ2n) is 3.81. The third-order valence-corrected chi connectivity index (χ3v) is 4.30. The summed E-state index contributed by atoms with van der Waals surface area (Å²) in [6, 6.07) is 11.5. The zero-order valence-corrected chi connectivity index (χ0v) is 14.9. The molecule has 98 valence electrons. The van der Waals surface area contributed by atoms with Gasteiger partial charge >= 0.3 is 0 Å². The number of nitrogens with one attached hydrogen (secondary N) is 1. The SMILES string of the molecule is NC(=S)c1ccc(Nc2ccc(I)cc2Cl)cc1Br. The number of hydrogen-bond donors (Lipinski definition) is 2. The monoisotopic (exact) mass is 466 g/mol. The van der Waals surface area contributed by atoms with Crippen LogP contribution in [0.15, 0.2) is 40.9 Å². The van der Waals surface area contributed by atoms with Gasteiger partial charge in [0, 0.05) is 19.3 Å². The lowest BCUT2D eigenvalue weighted by Crippen LogP contribution is -2.10. The number of hydrogen-bond acceptors (Lipinski definition) is 2.